The Bertz CT molecular complexity index is 397. The number of halogens is 1. The van der Waals surface area contributed by atoms with Crippen molar-refractivity contribution < 1.29 is 17.0 Å². The molecule has 0 aliphatic rings. The Morgan fingerprint density at radius 3 is 0.600 bits per heavy atom. The van der Waals surface area contributed by atoms with Crippen LogP contribution in [0.15, 0.2) is 0 Å². The third-order valence-electron chi connectivity index (χ3n) is 9.44. The monoisotopic (exact) mass is 647 g/mol. The van der Waals surface area contributed by atoms with E-state index in [1.165, 1.54) is 180 Å². The highest BCUT2D eigenvalue weighted by Crippen LogP contribution is 2.61. The second-order valence-corrected chi connectivity index (χ2v) is 17.9. The fourth-order valence-corrected chi connectivity index (χ4v) is 11.6. The van der Waals surface area contributed by atoms with E-state index in [2.05, 4.69) is 27.7 Å². The number of rotatable bonds is 34. The predicted molar refractivity (Wildman–Crippen MR) is 188 cm³/mol. The highest BCUT2D eigenvalue weighted by atomic mass is 79.9. The fraction of sp³-hybridized carbons (Fsp3) is 1.00. The average Bonchev–Trinajstić information content (AvgIpc) is 2.94. The van der Waals surface area contributed by atoms with E-state index in [-0.39, 0.29) is 17.0 Å². The lowest BCUT2D eigenvalue weighted by molar-refractivity contribution is -0.00000887. The Kier molecular flexibility index (Phi) is 38.8. The summed E-state index contributed by atoms with van der Waals surface area (Å²) in [6, 6.07) is 0. The zero-order valence-electron chi connectivity index (χ0n) is 28.9. The lowest BCUT2D eigenvalue weighted by atomic mass is 10.1. The Balaban J connectivity index is 0. The van der Waals surface area contributed by atoms with Gasteiger partial charge in [0.1, 0.15) is 0 Å². The molecule has 0 N–H and O–H groups in total. The molecule has 0 aromatic rings. The summed E-state index contributed by atoms with van der Waals surface area (Å²) in [5.74, 6) is 0. The summed E-state index contributed by atoms with van der Waals surface area (Å²) in [5.41, 5.74) is 0. The van der Waals surface area contributed by atoms with Crippen LogP contribution in [0, 0.1) is 0 Å². The molecule has 0 aliphatic carbocycles. The average molecular weight is 648 g/mol. The Hall–Kier alpha value is 0.910. The van der Waals surface area contributed by atoms with Gasteiger partial charge in [0.05, 0.1) is 24.6 Å². The van der Waals surface area contributed by atoms with Gasteiger partial charge in [-0.2, -0.15) is 0 Å². The zero-order chi connectivity index (χ0) is 28.5. The molecule has 0 aromatic heterocycles. The van der Waals surface area contributed by atoms with Crippen molar-refractivity contribution in [2.75, 3.05) is 24.6 Å². The first-order valence-electron chi connectivity index (χ1n) is 19.1. The summed E-state index contributed by atoms with van der Waals surface area (Å²) in [4.78, 5) is 0. The van der Waals surface area contributed by atoms with Crippen molar-refractivity contribution >= 4 is 7.26 Å². The minimum atomic E-state index is -0.715. The van der Waals surface area contributed by atoms with Gasteiger partial charge in [-0.1, -0.05) is 182 Å². The number of hydrogen-bond donors (Lipinski definition) is 0. The molecular formula is C38H80BrP. The van der Waals surface area contributed by atoms with Gasteiger partial charge in [0.25, 0.3) is 0 Å². The largest absolute Gasteiger partial charge is 1.00 e. The van der Waals surface area contributed by atoms with E-state index in [9.17, 15) is 0 Å². The molecule has 0 unspecified atom stereocenters. The van der Waals surface area contributed by atoms with E-state index in [0.29, 0.717) is 0 Å². The van der Waals surface area contributed by atoms with Gasteiger partial charge in [0, 0.05) is 7.26 Å². The molecule has 0 atom stereocenters. The van der Waals surface area contributed by atoms with Crippen LogP contribution in [-0.4, -0.2) is 24.6 Å². The van der Waals surface area contributed by atoms with Crippen molar-refractivity contribution in [1.29, 1.82) is 0 Å². The predicted octanol–water partition coefficient (Wildman–Crippen LogP) is 11.8. The van der Waals surface area contributed by atoms with Crippen LogP contribution in [0.4, 0.5) is 0 Å². The standard InChI is InChI=1S/C38H80P.BrH/c1-5-9-13-15-17-19-21-23-25-27-29-33-37-39(35-31-11-7-3,36-32-12-8-4)38-34-30-28-26-24-22-20-18-16-14-10-6-2;/h5-38H2,1-4H3;1H/q+1;/p-1. The molecule has 0 saturated heterocycles. The van der Waals surface area contributed by atoms with Crippen LogP contribution in [0.2, 0.25) is 0 Å². The first-order chi connectivity index (χ1) is 19.2. The molecule has 0 spiro atoms. The molecule has 40 heavy (non-hydrogen) atoms. The van der Waals surface area contributed by atoms with Crippen LogP contribution in [0.5, 0.6) is 0 Å². The maximum Gasteiger partial charge on any atom is 0.0594 e. The van der Waals surface area contributed by atoms with E-state index in [1.54, 1.807) is 37.5 Å². The van der Waals surface area contributed by atoms with Crippen molar-refractivity contribution in [1.82, 2.24) is 0 Å². The van der Waals surface area contributed by atoms with E-state index in [4.69, 9.17) is 0 Å². The molecule has 0 radical (unpaired) electrons. The molecule has 0 fully saturated rings. The molecule has 0 aromatic carbocycles. The zero-order valence-corrected chi connectivity index (χ0v) is 31.3. The quantitative estimate of drug-likeness (QED) is 0.0482. The van der Waals surface area contributed by atoms with Crippen molar-refractivity contribution in [3.8, 4) is 0 Å². The number of unbranched alkanes of at least 4 members (excludes halogenated alkanes) is 26. The smallest absolute Gasteiger partial charge is 0.0594 e. The molecule has 0 amide bonds. The lowest BCUT2D eigenvalue weighted by Gasteiger charge is -2.28. The minimum absolute atomic E-state index is 0. The summed E-state index contributed by atoms with van der Waals surface area (Å²) in [7, 11) is -0.715. The van der Waals surface area contributed by atoms with Crippen LogP contribution in [-0.2, 0) is 0 Å². The highest BCUT2D eigenvalue weighted by Gasteiger charge is 2.34. The summed E-state index contributed by atoms with van der Waals surface area (Å²) >= 11 is 0. The van der Waals surface area contributed by atoms with E-state index < -0.39 is 7.26 Å². The second-order valence-electron chi connectivity index (χ2n) is 13.4. The maximum absolute atomic E-state index is 2.40. The van der Waals surface area contributed by atoms with Crippen molar-refractivity contribution in [3.05, 3.63) is 0 Å². The van der Waals surface area contributed by atoms with Gasteiger partial charge in [-0.3, -0.25) is 0 Å². The SMILES string of the molecule is CCCCCCCCCCCCCC[P+](CCCCC)(CCCCC)CCCCCCCCCCCCCC.[Br-]. The Labute approximate surface area is 268 Å². The van der Waals surface area contributed by atoms with Gasteiger partial charge >= 0.3 is 0 Å². The minimum Gasteiger partial charge on any atom is -1.00 e. The maximum atomic E-state index is 2.40. The van der Waals surface area contributed by atoms with Crippen LogP contribution < -0.4 is 17.0 Å². The third kappa shape index (κ3) is 30.4. The van der Waals surface area contributed by atoms with E-state index >= 15 is 0 Å². The van der Waals surface area contributed by atoms with Crippen molar-refractivity contribution in [2.24, 2.45) is 0 Å². The lowest BCUT2D eigenvalue weighted by Crippen LogP contribution is -3.00. The topological polar surface area (TPSA) is 0 Å². The van der Waals surface area contributed by atoms with Crippen LogP contribution in [0.25, 0.3) is 0 Å². The third-order valence-corrected chi connectivity index (χ3v) is 14.5. The van der Waals surface area contributed by atoms with Gasteiger partial charge < -0.3 is 17.0 Å². The molecule has 0 heterocycles. The molecule has 0 saturated carbocycles. The molecule has 0 bridgehead atoms. The summed E-state index contributed by atoms with van der Waals surface area (Å²) < 4.78 is 0. The molecule has 0 aliphatic heterocycles. The van der Waals surface area contributed by atoms with Gasteiger partial charge in [-0.15, -0.1) is 0 Å². The Morgan fingerprint density at radius 1 is 0.225 bits per heavy atom. The molecule has 244 valence electrons. The van der Waals surface area contributed by atoms with E-state index in [1.807, 2.05) is 0 Å². The van der Waals surface area contributed by atoms with Gasteiger partial charge in [0.15, 0.2) is 0 Å². The van der Waals surface area contributed by atoms with Gasteiger partial charge in [-0.25, -0.2) is 0 Å². The van der Waals surface area contributed by atoms with Crippen LogP contribution >= 0.6 is 7.26 Å². The van der Waals surface area contributed by atoms with Crippen LogP contribution in [0.1, 0.15) is 220 Å². The Morgan fingerprint density at radius 2 is 0.375 bits per heavy atom. The fourth-order valence-electron chi connectivity index (χ4n) is 6.64. The molecule has 0 rings (SSSR count). The number of hydrogen-bond acceptors (Lipinski definition) is 0. The first kappa shape index (κ1) is 43.0. The van der Waals surface area contributed by atoms with Gasteiger partial charge in [-0.05, 0) is 38.5 Å². The van der Waals surface area contributed by atoms with E-state index in [0.717, 1.165) is 0 Å². The summed E-state index contributed by atoms with van der Waals surface area (Å²) in [5, 5.41) is 0. The first-order valence-corrected chi connectivity index (χ1v) is 21.6. The second kappa shape index (κ2) is 36.1. The summed E-state index contributed by atoms with van der Waals surface area (Å²) in [6.07, 6.45) is 51.1. The summed E-state index contributed by atoms with van der Waals surface area (Å²) in [6.45, 7) is 9.44. The van der Waals surface area contributed by atoms with Crippen molar-refractivity contribution in [2.45, 2.75) is 220 Å². The van der Waals surface area contributed by atoms with Crippen LogP contribution in [0.3, 0.4) is 0 Å². The molecular weight excluding hydrogens is 567 g/mol. The normalized spacial score (nSPS) is 11.7. The van der Waals surface area contributed by atoms with Gasteiger partial charge in [0.2, 0.25) is 0 Å². The van der Waals surface area contributed by atoms with Crippen molar-refractivity contribution in [3.63, 3.8) is 0 Å². The highest BCUT2D eigenvalue weighted by molar-refractivity contribution is 7.75. The molecule has 0 nitrogen and oxygen atoms in total. The molecule has 2 heteroatoms.